The molecule has 2 N–H and O–H groups in total. The quantitative estimate of drug-likeness (QED) is 0.880. The molecule has 122 valence electrons. The molecule has 23 heavy (non-hydrogen) atoms. The normalized spacial score (nSPS) is 16.4. The maximum absolute atomic E-state index is 12.3. The summed E-state index contributed by atoms with van der Waals surface area (Å²) in [6.45, 7) is 1.73. The number of aliphatic hydroxyl groups is 1. The Hall–Kier alpha value is -1.96. The minimum atomic E-state index is -0.249. The van der Waals surface area contributed by atoms with Gasteiger partial charge >= 0.3 is 0 Å². The molecule has 1 amide bonds. The molecule has 2 heterocycles. The molecule has 0 aliphatic carbocycles. The number of nitrogens with zero attached hydrogens (tertiary/aromatic N) is 4. The first-order valence-electron chi connectivity index (χ1n) is 7.46. The highest BCUT2D eigenvalue weighted by Crippen LogP contribution is 2.24. The number of halogens is 1. The molecule has 8 heteroatoms. The van der Waals surface area contributed by atoms with Crippen LogP contribution in [0.5, 0.6) is 0 Å². The molecule has 1 aliphatic heterocycles. The number of carbonyl (C=O) groups is 1. The van der Waals surface area contributed by atoms with Crippen LogP contribution in [0.2, 0.25) is 5.02 Å². The zero-order valence-corrected chi connectivity index (χ0v) is 13.3. The summed E-state index contributed by atoms with van der Waals surface area (Å²) in [5.74, 6) is -0.120. The van der Waals surface area contributed by atoms with E-state index < -0.39 is 0 Å². The molecule has 2 aromatic rings. The molecule has 1 aliphatic rings. The second-order valence-electron chi connectivity index (χ2n) is 5.56. The van der Waals surface area contributed by atoms with Crippen LogP contribution < -0.4 is 5.32 Å². The van der Waals surface area contributed by atoms with E-state index in [-0.39, 0.29) is 18.6 Å². The number of aromatic nitrogens is 3. The summed E-state index contributed by atoms with van der Waals surface area (Å²) < 4.78 is 1.57. The summed E-state index contributed by atoms with van der Waals surface area (Å²) >= 11 is 6.03. The van der Waals surface area contributed by atoms with Crippen LogP contribution in [0, 0.1) is 0 Å². The van der Waals surface area contributed by atoms with E-state index in [4.69, 9.17) is 11.6 Å². The molecule has 0 bridgehead atoms. The molecule has 7 nitrogen and oxygen atoms in total. The fraction of sp³-hybridized carbons (Fsp3) is 0.400. The van der Waals surface area contributed by atoms with Gasteiger partial charge in [0.05, 0.1) is 24.0 Å². The number of nitrogens with one attached hydrogen (secondary N) is 1. The molecule has 1 fully saturated rings. The van der Waals surface area contributed by atoms with Gasteiger partial charge in [-0.05, 0) is 31.0 Å². The van der Waals surface area contributed by atoms with E-state index in [1.807, 2.05) is 4.90 Å². The monoisotopic (exact) mass is 335 g/mol. The molecule has 0 atom stereocenters. The van der Waals surface area contributed by atoms with Gasteiger partial charge in [0.2, 0.25) is 5.91 Å². The van der Waals surface area contributed by atoms with Gasteiger partial charge in [-0.2, -0.15) is 5.10 Å². The average Bonchev–Trinajstić information content (AvgIpc) is 3.04. The van der Waals surface area contributed by atoms with E-state index >= 15 is 0 Å². The van der Waals surface area contributed by atoms with Gasteiger partial charge in [0.25, 0.3) is 0 Å². The highest BCUT2D eigenvalue weighted by atomic mass is 35.5. The lowest BCUT2D eigenvalue weighted by molar-refractivity contribution is -0.117. The summed E-state index contributed by atoms with van der Waals surface area (Å²) in [5, 5.41) is 17.0. The Bertz CT molecular complexity index is 669. The summed E-state index contributed by atoms with van der Waals surface area (Å²) in [6, 6.07) is 5.21. The van der Waals surface area contributed by atoms with Crippen molar-refractivity contribution in [2.45, 2.75) is 18.9 Å². The van der Waals surface area contributed by atoms with Crippen LogP contribution in [0.1, 0.15) is 12.8 Å². The maximum Gasteiger partial charge on any atom is 0.238 e. The lowest BCUT2D eigenvalue weighted by Gasteiger charge is -2.28. The van der Waals surface area contributed by atoms with Crippen LogP contribution in [0.3, 0.4) is 0 Å². The van der Waals surface area contributed by atoms with Crippen LogP contribution in [-0.2, 0) is 4.79 Å². The van der Waals surface area contributed by atoms with Gasteiger partial charge in [-0.3, -0.25) is 9.69 Å². The van der Waals surface area contributed by atoms with Gasteiger partial charge in [-0.25, -0.2) is 9.67 Å². The Labute approximate surface area is 138 Å². The number of hydrogen-bond donors (Lipinski definition) is 2. The lowest BCUT2D eigenvalue weighted by Crippen LogP contribution is -2.40. The Morgan fingerprint density at radius 1 is 1.39 bits per heavy atom. The third-order valence-electron chi connectivity index (χ3n) is 3.82. The zero-order valence-electron chi connectivity index (χ0n) is 12.5. The molecule has 0 saturated carbocycles. The molecule has 1 aromatic heterocycles. The Morgan fingerprint density at radius 2 is 2.17 bits per heavy atom. The number of amides is 1. The van der Waals surface area contributed by atoms with Crippen molar-refractivity contribution in [3.05, 3.63) is 35.9 Å². The number of piperidine rings is 1. The number of likely N-dealkylation sites (tertiary alicyclic amines) is 1. The first kappa shape index (κ1) is 15.9. The van der Waals surface area contributed by atoms with Crippen molar-refractivity contribution in [1.82, 2.24) is 19.7 Å². The van der Waals surface area contributed by atoms with E-state index in [1.54, 1.807) is 29.2 Å². The number of aliphatic hydroxyl groups excluding tert-OH is 1. The molecule has 0 radical (unpaired) electrons. The topological polar surface area (TPSA) is 83.3 Å². The second kappa shape index (κ2) is 7.08. The number of carbonyl (C=O) groups excluding carboxylic acids is 1. The van der Waals surface area contributed by atoms with E-state index in [0.29, 0.717) is 29.2 Å². The van der Waals surface area contributed by atoms with Gasteiger partial charge in [0, 0.05) is 18.1 Å². The molecular weight excluding hydrogens is 318 g/mol. The molecule has 0 spiro atoms. The molecule has 1 saturated heterocycles. The number of hydrogen-bond acceptors (Lipinski definition) is 5. The Balaban J connectivity index is 1.69. The fourth-order valence-electron chi connectivity index (χ4n) is 2.61. The smallest absolute Gasteiger partial charge is 0.238 e. The van der Waals surface area contributed by atoms with Gasteiger partial charge in [0.15, 0.2) is 0 Å². The minimum absolute atomic E-state index is 0.120. The lowest BCUT2D eigenvalue weighted by atomic mass is 10.1. The van der Waals surface area contributed by atoms with Gasteiger partial charge in [0.1, 0.15) is 12.7 Å². The van der Waals surface area contributed by atoms with Gasteiger partial charge < -0.3 is 10.4 Å². The van der Waals surface area contributed by atoms with Crippen molar-refractivity contribution < 1.29 is 9.90 Å². The molecule has 1 aromatic carbocycles. The standard InChI is InChI=1S/C15H18ClN5O2/c16-11-1-2-14(21-10-17-9-18-21)13(7-11)19-15(23)8-20-5-3-12(22)4-6-20/h1-2,7,9-10,12,22H,3-6,8H2,(H,19,23). The van der Waals surface area contributed by atoms with Crippen molar-refractivity contribution >= 4 is 23.2 Å². The predicted molar refractivity (Wildman–Crippen MR) is 86.7 cm³/mol. The molecule has 0 unspecified atom stereocenters. The van der Waals surface area contributed by atoms with Crippen LogP contribution in [0.25, 0.3) is 5.69 Å². The largest absolute Gasteiger partial charge is 0.393 e. The van der Waals surface area contributed by atoms with Crippen LogP contribution >= 0.6 is 11.6 Å². The fourth-order valence-corrected chi connectivity index (χ4v) is 2.78. The van der Waals surface area contributed by atoms with Crippen molar-refractivity contribution in [3.63, 3.8) is 0 Å². The SMILES string of the molecule is O=C(CN1CCC(O)CC1)Nc1cc(Cl)ccc1-n1cncn1. The number of rotatable bonds is 4. The second-order valence-corrected chi connectivity index (χ2v) is 5.99. The average molecular weight is 336 g/mol. The summed E-state index contributed by atoms with van der Waals surface area (Å²) in [4.78, 5) is 18.2. The zero-order chi connectivity index (χ0) is 16.2. The number of benzene rings is 1. The van der Waals surface area contributed by atoms with E-state index in [0.717, 1.165) is 13.1 Å². The molecule has 3 rings (SSSR count). The summed E-state index contributed by atoms with van der Waals surface area (Å²) in [5.41, 5.74) is 1.29. The number of anilines is 1. The third kappa shape index (κ3) is 4.07. The predicted octanol–water partition coefficient (Wildman–Crippen LogP) is 1.32. The third-order valence-corrected chi connectivity index (χ3v) is 4.06. The summed E-state index contributed by atoms with van der Waals surface area (Å²) in [6.07, 6.45) is 4.15. The van der Waals surface area contributed by atoms with Gasteiger partial charge in [-0.15, -0.1) is 0 Å². The van der Waals surface area contributed by atoms with Crippen molar-refractivity contribution in [2.75, 3.05) is 25.0 Å². The summed E-state index contributed by atoms with van der Waals surface area (Å²) in [7, 11) is 0. The first-order valence-corrected chi connectivity index (χ1v) is 7.84. The Kier molecular flexibility index (Phi) is 4.90. The van der Waals surface area contributed by atoms with Crippen LogP contribution in [-0.4, -0.2) is 56.4 Å². The molecular formula is C15H18ClN5O2. The van der Waals surface area contributed by atoms with Crippen molar-refractivity contribution in [3.8, 4) is 5.69 Å². The van der Waals surface area contributed by atoms with E-state index in [2.05, 4.69) is 15.4 Å². The van der Waals surface area contributed by atoms with Gasteiger partial charge in [-0.1, -0.05) is 11.6 Å². The van der Waals surface area contributed by atoms with E-state index in [1.165, 1.54) is 6.33 Å². The van der Waals surface area contributed by atoms with Crippen LogP contribution in [0.4, 0.5) is 5.69 Å². The van der Waals surface area contributed by atoms with Crippen molar-refractivity contribution in [1.29, 1.82) is 0 Å². The minimum Gasteiger partial charge on any atom is -0.393 e. The van der Waals surface area contributed by atoms with E-state index in [9.17, 15) is 9.90 Å². The maximum atomic E-state index is 12.3. The van der Waals surface area contributed by atoms with Crippen LogP contribution in [0.15, 0.2) is 30.9 Å². The highest BCUT2D eigenvalue weighted by Gasteiger charge is 2.19. The first-order chi connectivity index (χ1) is 11.1. The van der Waals surface area contributed by atoms with Crippen molar-refractivity contribution in [2.24, 2.45) is 0 Å². The highest BCUT2D eigenvalue weighted by molar-refractivity contribution is 6.31. The Morgan fingerprint density at radius 3 is 2.87 bits per heavy atom.